The lowest BCUT2D eigenvalue weighted by Crippen LogP contribution is -2.60. The Balaban J connectivity index is 1.56. The lowest BCUT2D eigenvalue weighted by Gasteiger charge is -2.36. The second-order valence-electron chi connectivity index (χ2n) is 8.30. The predicted octanol–water partition coefficient (Wildman–Crippen LogP) is 0.954. The van der Waals surface area contributed by atoms with Gasteiger partial charge in [-0.3, -0.25) is 9.59 Å². The highest BCUT2D eigenvalue weighted by molar-refractivity contribution is 5.86. The van der Waals surface area contributed by atoms with Gasteiger partial charge in [-0.15, -0.1) is 0 Å². The van der Waals surface area contributed by atoms with Crippen LogP contribution < -0.4 is 10.7 Å². The van der Waals surface area contributed by atoms with Crippen LogP contribution in [0.15, 0.2) is 0 Å². The van der Waals surface area contributed by atoms with E-state index < -0.39 is 18.2 Å². The van der Waals surface area contributed by atoms with Gasteiger partial charge in [0.25, 0.3) is 0 Å². The first kappa shape index (κ1) is 21.5. The number of hydrogen-bond acceptors (Lipinski definition) is 7. The third-order valence-corrected chi connectivity index (χ3v) is 6.10. The fraction of sp³-hybridized carbons (Fsp3) is 0.800. The molecule has 3 aliphatic rings. The molecule has 0 spiro atoms. The summed E-state index contributed by atoms with van der Waals surface area (Å²) in [6.07, 6.45) is 4.62. The Labute approximate surface area is 171 Å². The third-order valence-electron chi connectivity index (χ3n) is 6.10. The molecule has 2 amide bonds. The van der Waals surface area contributed by atoms with E-state index in [1.54, 1.807) is 0 Å². The number of ketones is 1. The van der Waals surface area contributed by atoms with E-state index in [-0.39, 0.29) is 23.7 Å². The van der Waals surface area contributed by atoms with Crippen LogP contribution in [0.1, 0.15) is 51.4 Å². The third kappa shape index (κ3) is 5.67. The zero-order chi connectivity index (χ0) is 20.8. The largest absolute Gasteiger partial charge is 0.445 e. The smallest absolute Gasteiger partial charge is 0.425 e. The van der Waals surface area contributed by atoms with Crippen LogP contribution in [-0.2, 0) is 14.3 Å². The van der Waals surface area contributed by atoms with E-state index in [1.807, 2.05) is 7.05 Å². The Morgan fingerprint density at radius 3 is 2.69 bits per heavy atom. The Kier molecular flexibility index (Phi) is 7.45. The average molecular weight is 405 g/mol. The Bertz CT molecular complexity index is 656. The molecule has 0 aromatic carbocycles. The number of Topliss-reactive ketones (excluding diaryl/α,β-unsaturated/α-hetero) is 1. The molecule has 0 bridgehead atoms. The number of nitriles is 1. The van der Waals surface area contributed by atoms with Crippen molar-refractivity contribution in [3.8, 4) is 6.07 Å². The fourth-order valence-corrected chi connectivity index (χ4v) is 4.31. The van der Waals surface area contributed by atoms with Gasteiger partial charge in [-0.1, -0.05) is 0 Å². The van der Waals surface area contributed by atoms with E-state index in [1.165, 1.54) is 5.01 Å². The van der Waals surface area contributed by atoms with Crippen molar-refractivity contribution in [1.29, 1.82) is 5.26 Å². The monoisotopic (exact) mass is 405 g/mol. The number of nitrogens with zero attached hydrogens (tertiary/aromatic N) is 3. The number of hydrogen-bond donors (Lipinski definition) is 2. The molecule has 3 atom stereocenters. The van der Waals surface area contributed by atoms with Crippen molar-refractivity contribution < 1.29 is 19.1 Å². The summed E-state index contributed by atoms with van der Waals surface area (Å²) in [5, 5.41) is 13.4. The highest BCUT2D eigenvalue weighted by Gasteiger charge is 2.36. The van der Waals surface area contributed by atoms with E-state index in [4.69, 9.17) is 4.74 Å². The first-order chi connectivity index (χ1) is 14.0. The van der Waals surface area contributed by atoms with Crippen LogP contribution in [0.25, 0.3) is 0 Å². The summed E-state index contributed by atoms with van der Waals surface area (Å²) in [5.74, 6) is -0.369. The normalized spacial score (nSPS) is 27.3. The minimum atomic E-state index is -0.733. The minimum absolute atomic E-state index is 0.147. The summed E-state index contributed by atoms with van der Waals surface area (Å²) in [7, 11) is 2.04. The minimum Gasteiger partial charge on any atom is -0.445 e. The molecule has 3 fully saturated rings. The number of hydrazine groups is 1. The SMILES string of the molecule is CN1CCC(OC(=O)N2NCCCC2C(=O)NC(C#N)CC2CCCC2=O)CC1. The van der Waals surface area contributed by atoms with Gasteiger partial charge in [0, 0.05) is 32.0 Å². The molecule has 1 aliphatic carbocycles. The van der Waals surface area contributed by atoms with Gasteiger partial charge in [-0.05, 0) is 52.0 Å². The van der Waals surface area contributed by atoms with Gasteiger partial charge in [0.2, 0.25) is 5.91 Å². The van der Waals surface area contributed by atoms with Gasteiger partial charge in [-0.25, -0.2) is 15.2 Å². The van der Waals surface area contributed by atoms with E-state index in [0.29, 0.717) is 25.8 Å². The molecule has 3 rings (SSSR count). The molecule has 9 heteroatoms. The van der Waals surface area contributed by atoms with Crippen LogP contribution in [0.3, 0.4) is 0 Å². The standard InChI is InChI=1S/C20H31N5O4/c1-24-10-7-16(8-11-24)29-20(28)25-17(5-3-9-22-25)19(27)23-15(13-21)12-14-4-2-6-18(14)26/h14-17,22H,2-12H2,1H3,(H,23,27). The molecule has 2 aliphatic heterocycles. The van der Waals surface area contributed by atoms with Crippen LogP contribution in [0, 0.1) is 17.2 Å². The second kappa shape index (κ2) is 10.0. The van der Waals surface area contributed by atoms with Gasteiger partial charge in [0.05, 0.1) is 6.07 Å². The predicted molar refractivity (Wildman–Crippen MR) is 104 cm³/mol. The topological polar surface area (TPSA) is 115 Å². The Morgan fingerprint density at radius 1 is 1.28 bits per heavy atom. The number of rotatable bonds is 5. The van der Waals surface area contributed by atoms with E-state index in [0.717, 1.165) is 45.2 Å². The van der Waals surface area contributed by atoms with Crippen molar-refractivity contribution in [3.05, 3.63) is 0 Å². The maximum atomic E-state index is 12.8. The van der Waals surface area contributed by atoms with Crippen molar-refractivity contribution >= 4 is 17.8 Å². The van der Waals surface area contributed by atoms with Gasteiger partial charge in [0.1, 0.15) is 24.0 Å². The molecule has 1 saturated carbocycles. The molecule has 0 aromatic heterocycles. The van der Waals surface area contributed by atoms with Crippen LogP contribution in [0.2, 0.25) is 0 Å². The van der Waals surface area contributed by atoms with Gasteiger partial charge >= 0.3 is 6.09 Å². The second-order valence-corrected chi connectivity index (χ2v) is 8.30. The number of nitrogens with one attached hydrogen (secondary N) is 2. The number of likely N-dealkylation sites (tertiary alicyclic amines) is 1. The zero-order valence-electron chi connectivity index (χ0n) is 17.1. The molecule has 9 nitrogen and oxygen atoms in total. The van der Waals surface area contributed by atoms with Crippen LogP contribution >= 0.6 is 0 Å². The molecule has 3 unspecified atom stereocenters. The molecule has 160 valence electrons. The van der Waals surface area contributed by atoms with Crippen LogP contribution in [0.4, 0.5) is 4.79 Å². The highest BCUT2D eigenvalue weighted by Crippen LogP contribution is 2.25. The van der Waals surface area contributed by atoms with Crippen molar-refractivity contribution in [2.45, 2.75) is 69.6 Å². The Hall–Kier alpha value is -2.18. The average Bonchev–Trinajstić information content (AvgIpc) is 3.13. The van der Waals surface area contributed by atoms with Crippen molar-refractivity contribution in [1.82, 2.24) is 20.7 Å². The van der Waals surface area contributed by atoms with Crippen molar-refractivity contribution in [2.75, 3.05) is 26.7 Å². The molecular formula is C20H31N5O4. The quantitative estimate of drug-likeness (QED) is 0.700. The molecule has 2 saturated heterocycles. The molecule has 2 heterocycles. The summed E-state index contributed by atoms with van der Waals surface area (Å²) < 4.78 is 5.62. The summed E-state index contributed by atoms with van der Waals surface area (Å²) in [6, 6.07) is 0.632. The maximum absolute atomic E-state index is 12.8. The summed E-state index contributed by atoms with van der Waals surface area (Å²) in [5.41, 5.74) is 2.97. The highest BCUT2D eigenvalue weighted by atomic mass is 16.6. The zero-order valence-corrected chi connectivity index (χ0v) is 17.1. The number of carbonyl (C=O) groups excluding carboxylic acids is 3. The van der Waals surface area contributed by atoms with Crippen LogP contribution in [-0.4, -0.2) is 72.6 Å². The Morgan fingerprint density at radius 2 is 2.03 bits per heavy atom. The maximum Gasteiger partial charge on any atom is 0.425 e. The molecule has 0 radical (unpaired) electrons. The molecule has 29 heavy (non-hydrogen) atoms. The number of ether oxygens (including phenoxy) is 1. The number of piperidine rings is 1. The molecule has 0 aromatic rings. The fourth-order valence-electron chi connectivity index (χ4n) is 4.31. The van der Waals surface area contributed by atoms with Crippen LogP contribution in [0.5, 0.6) is 0 Å². The van der Waals surface area contributed by atoms with Gasteiger partial charge < -0.3 is 15.0 Å². The summed E-state index contributed by atoms with van der Waals surface area (Å²) in [4.78, 5) is 39.6. The lowest BCUT2D eigenvalue weighted by atomic mass is 9.97. The summed E-state index contributed by atoms with van der Waals surface area (Å²) in [6.45, 7) is 2.34. The number of carbonyl (C=O) groups is 3. The molecule has 2 N–H and O–H groups in total. The summed E-state index contributed by atoms with van der Waals surface area (Å²) >= 11 is 0. The first-order valence-corrected chi connectivity index (χ1v) is 10.6. The number of amides is 2. The lowest BCUT2D eigenvalue weighted by molar-refractivity contribution is -0.129. The van der Waals surface area contributed by atoms with Gasteiger partial charge in [0.15, 0.2) is 0 Å². The van der Waals surface area contributed by atoms with E-state index in [2.05, 4.69) is 21.7 Å². The first-order valence-electron chi connectivity index (χ1n) is 10.6. The van der Waals surface area contributed by atoms with E-state index >= 15 is 0 Å². The molecular weight excluding hydrogens is 374 g/mol. The van der Waals surface area contributed by atoms with Crippen molar-refractivity contribution in [2.24, 2.45) is 5.92 Å². The van der Waals surface area contributed by atoms with E-state index in [9.17, 15) is 19.6 Å². The van der Waals surface area contributed by atoms with Gasteiger partial charge in [-0.2, -0.15) is 5.26 Å². The van der Waals surface area contributed by atoms with Crippen molar-refractivity contribution in [3.63, 3.8) is 0 Å².